The van der Waals surface area contributed by atoms with Gasteiger partial charge in [-0.15, -0.1) is 0 Å². The highest BCUT2D eigenvalue weighted by atomic mass is 35.5. The number of aromatic nitrogens is 1. The fraction of sp³-hybridized carbons (Fsp3) is 0.105. The van der Waals surface area contributed by atoms with Gasteiger partial charge in [0.2, 0.25) is 0 Å². The van der Waals surface area contributed by atoms with E-state index in [9.17, 15) is 0 Å². The van der Waals surface area contributed by atoms with Crippen molar-refractivity contribution in [1.29, 1.82) is 0 Å². The molecular formula is C19H11Cl2N. The van der Waals surface area contributed by atoms with Gasteiger partial charge in [-0.2, -0.15) is 0 Å². The molecule has 5 rings (SSSR count). The first-order valence-electron chi connectivity index (χ1n) is 7.34. The minimum Gasteiger partial charge on any atom is -0.247 e. The number of halogens is 2. The van der Waals surface area contributed by atoms with Crippen molar-refractivity contribution in [3.8, 4) is 0 Å². The molecule has 0 atom stereocenters. The summed E-state index contributed by atoms with van der Waals surface area (Å²) in [6, 6.07) is 14.4. The van der Waals surface area contributed by atoms with Gasteiger partial charge in [0.25, 0.3) is 0 Å². The Bertz CT molecular complexity index is 1100. The fourth-order valence-corrected chi connectivity index (χ4v) is 4.12. The summed E-state index contributed by atoms with van der Waals surface area (Å²) in [6.45, 7) is 0. The van der Waals surface area contributed by atoms with E-state index < -0.39 is 0 Å². The lowest BCUT2D eigenvalue weighted by atomic mass is 10.00. The lowest BCUT2D eigenvalue weighted by molar-refractivity contribution is 1.03. The van der Waals surface area contributed by atoms with Gasteiger partial charge < -0.3 is 0 Å². The number of hydrogen-bond acceptors (Lipinski definition) is 1. The highest BCUT2D eigenvalue weighted by Crippen LogP contribution is 2.40. The van der Waals surface area contributed by atoms with Crippen molar-refractivity contribution in [2.24, 2.45) is 0 Å². The van der Waals surface area contributed by atoms with Crippen LogP contribution in [0.15, 0.2) is 42.5 Å². The second-order valence-electron chi connectivity index (χ2n) is 5.86. The third kappa shape index (κ3) is 1.58. The van der Waals surface area contributed by atoms with Crippen LogP contribution >= 0.6 is 23.2 Å². The van der Waals surface area contributed by atoms with Crippen LogP contribution in [0.25, 0.3) is 32.6 Å². The SMILES string of the molecule is Clc1ccc2c(Cl)c3cc4c5c(cccc5c3nc2c1)CC4. The molecular weight excluding hydrogens is 313 g/mol. The lowest BCUT2D eigenvalue weighted by Gasteiger charge is -2.10. The fourth-order valence-electron chi connectivity index (χ4n) is 3.65. The quantitative estimate of drug-likeness (QED) is 0.288. The molecule has 0 unspecified atom stereocenters. The molecule has 0 saturated carbocycles. The molecule has 0 spiro atoms. The van der Waals surface area contributed by atoms with Crippen molar-refractivity contribution in [3.63, 3.8) is 0 Å². The molecule has 3 aromatic carbocycles. The zero-order valence-corrected chi connectivity index (χ0v) is 13.2. The van der Waals surface area contributed by atoms with Crippen molar-refractivity contribution in [3.05, 3.63) is 63.6 Å². The van der Waals surface area contributed by atoms with Gasteiger partial charge in [-0.05, 0) is 53.6 Å². The number of fused-ring (bicyclic) bond motifs is 3. The Morgan fingerprint density at radius 3 is 2.59 bits per heavy atom. The maximum Gasteiger partial charge on any atom is 0.0803 e. The maximum atomic E-state index is 6.69. The maximum absolute atomic E-state index is 6.69. The van der Waals surface area contributed by atoms with Gasteiger partial charge in [0, 0.05) is 21.2 Å². The summed E-state index contributed by atoms with van der Waals surface area (Å²) in [4.78, 5) is 4.87. The third-order valence-electron chi connectivity index (χ3n) is 4.63. The van der Waals surface area contributed by atoms with Gasteiger partial charge in [-0.3, -0.25) is 0 Å². The van der Waals surface area contributed by atoms with Crippen molar-refractivity contribution in [2.75, 3.05) is 0 Å². The van der Waals surface area contributed by atoms with Crippen LogP contribution in [0.4, 0.5) is 0 Å². The predicted molar refractivity (Wildman–Crippen MR) is 94.2 cm³/mol. The van der Waals surface area contributed by atoms with E-state index >= 15 is 0 Å². The Kier molecular flexibility index (Phi) is 2.51. The van der Waals surface area contributed by atoms with Crippen LogP contribution in [0.3, 0.4) is 0 Å². The van der Waals surface area contributed by atoms with Crippen LogP contribution in [-0.2, 0) is 12.8 Å². The van der Waals surface area contributed by atoms with Crippen LogP contribution in [0.1, 0.15) is 11.1 Å². The minimum absolute atomic E-state index is 0.682. The Morgan fingerprint density at radius 1 is 0.818 bits per heavy atom. The van der Waals surface area contributed by atoms with E-state index in [1.54, 1.807) is 0 Å². The summed E-state index contributed by atoms with van der Waals surface area (Å²) in [7, 11) is 0. The van der Waals surface area contributed by atoms with Gasteiger partial charge in [0.05, 0.1) is 16.1 Å². The van der Waals surface area contributed by atoms with Gasteiger partial charge in [0.15, 0.2) is 0 Å². The van der Waals surface area contributed by atoms with Crippen LogP contribution in [0, 0.1) is 0 Å². The smallest absolute Gasteiger partial charge is 0.0803 e. The molecule has 0 N–H and O–H groups in total. The van der Waals surface area contributed by atoms with Crippen LogP contribution in [-0.4, -0.2) is 4.98 Å². The average Bonchev–Trinajstić information content (AvgIpc) is 2.93. The number of aryl methyl sites for hydroxylation is 2. The molecule has 0 fully saturated rings. The number of hydrogen-bond donors (Lipinski definition) is 0. The van der Waals surface area contributed by atoms with E-state index in [0.29, 0.717) is 5.02 Å². The van der Waals surface area contributed by atoms with Gasteiger partial charge in [-0.25, -0.2) is 4.98 Å². The molecule has 0 saturated heterocycles. The average molecular weight is 324 g/mol. The van der Waals surface area contributed by atoms with Crippen LogP contribution in [0.2, 0.25) is 10.0 Å². The molecule has 1 aromatic heterocycles. The summed E-state index contributed by atoms with van der Waals surface area (Å²) >= 11 is 12.8. The van der Waals surface area contributed by atoms with Crippen molar-refractivity contribution in [1.82, 2.24) is 4.98 Å². The molecule has 22 heavy (non-hydrogen) atoms. The highest BCUT2D eigenvalue weighted by molar-refractivity contribution is 6.41. The summed E-state index contributed by atoms with van der Waals surface area (Å²) in [5.74, 6) is 0. The zero-order valence-electron chi connectivity index (χ0n) is 11.7. The molecule has 106 valence electrons. The van der Waals surface area contributed by atoms with E-state index in [4.69, 9.17) is 28.2 Å². The number of rotatable bonds is 0. The van der Waals surface area contributed by atoms with Crippen molar-refractivity contribution < 1.29 is 0 Å². The molecule has 1 aliphatic rings. The Labute approximate surface area is 137 Å². The molecule has 1 aliphatic carbocycles. The largest absolute Gasteiger partial charge is 0.247 e. The van der Waals surface area contributed by atoms with Gasteiger partial charge in [0.1, 0.15) is 0 Å². The van der Waals surface area contributed by atoms with E-state index in [-0.39, 0.29) is 0 Å². The second kappa shape index (κ2) is 4.34. The van der Waals surface area contributed by atoms with Gasteiger partial charge in [-0.1, -0.05) is 41.4 Å². The summed E-state index contributed by atoms with van der Waals surface area (Å²) < 4.78 is 0. The molecule has 1 nitrogen and oxygen atoms in total. The van der Waals surface area contributed by atoms with E-state index in [1.807, 2.05) is 18.2 Å². The molecule has 3 heteroatoms. The molecule has 0 aliphatic heterocycles. The normalized spacial score (nSPS) is 13.5. The third-order valence-corrected chi connectivity index (χ3v) is 5.27. The lowest BCUT2D eigenvalue weighted by Crippen LogP contribution is -1.89. The molecule has 1 heterocycles. The first-order chi connectivity index (χ1) is 10.7. The molecule has 0 amide bonds. The van der Waals surface area contributed by atoms with Crippen LogP contribution < -0.4 is 0 Å². The van der Waals surface area contributed by atoms with Crippen molar-refractivity contribution in [2.45, 2.75) is 12.8 Å². The topological polar surface area (TPSA) is 12.9 Å². The predicted octanol–water partition coefficient (Wildman–Crippen LogP) is 5.95. The van der Waals surface area contributed by atoms with E-state index in [0.717, 1.165) is 39.7 Å². The number of benzene rings is 3. The first-order valence-corrected chi connectivity index (χ1v) is 8.10. The van der Waals surface area contributed by atoms with Crippen molar-refractivity contribution >= 4 is 55.8 Å². The molecule has 4 aromatic rings. The van der Waals surface area contributed by atoms with E-state index in [1.165, 1.54) is 21.9 Å². The Balaban J connectivity index is 2.08. The minimum atomic E-state index is 0.682. The number of nitrogens with zero attached hydrogens (tertiary/aromatic N) is 1. The molecule has 0 radical (unpaired) electrons. The summed E-state index contributed by atoms with van der Waals surface area (Å²) in [6.07, 6.45) is 2.19. The second-order valence-corrected chi connectivity index (χ2v) is 6.67. The molecule has 0 bridgehead atoms. The van der Waals surface area contributed by atoms with Crippen LogP contribution in [0.5, 0.6) is 0 Å². The summed E-state index contributed by atoms with van der Waals surface area (Å²) in [5, 5.41) is 6.01. The standard InChI is InChI=1S/C19H11Cl2N/c20-12-6-7-13-16(9-12)22-19-14-3-1-2-10-4-5-11(17(10)14)8-15(19)18(13)21/h1-3,6-9H,4-5H2. The summed E-state index contributed by atoms with van der Waals surface area (Å²) in [5.41, 5.74) is 4.62. The Morgan fingerprint density at radius 2 is 1.68 bits per heavy atom. The van der Waals surface area contributed by atoms with Gasteiger partial charge >= 0.3 is 0 Å². The van der Waals surface area contributed by atoms with E-state index in [2.05, 4.69) is 24.3 Å². The number of pyridine rings is 1. The highest BCUT2D eigenvalue weighted by Gasteiger charge is 2.19. The zero-order chi connectivity index (χ0) is 14.8. The first kappa shape index (κ1) is 12.7. The monoisotopic (exact) mass is 323 g/mol. The Hall–Kier alpha value is -1.83.